The lowest BCUT2D eigenvalue weighted by Crippen LogP contribution is -2.30. The second-order valence-corrected chi connectivity index (χ2v) is 8.40. The molecule has 10 heteroatoms. The monoisotopic (exact) mass is 452 g/mol. The summed E-state index contributed by atoms with van der Waals surface area (Å²) in [5.41, 5.74) is -2.05. The first-order valence-electron chi connectivity index (χ1n) is 10.2. The van der Waals surface area contributed by atoms with Gasteiger partial charge in [-0.1, -0.05) is 19.9 Å². The number of nitrogens with one attached hydrogen (secondary N) is 1. The summed E-state index contributed by atoms with van der Waals surface area (Å²) in [5, 5.41) is 7.25. The number of benzene rings is 1. The van der Waals surface area contributed by atoms with E-state index in [1.807, 2.05) is 0 Å². The molecule has 1 amide bonds. The van der Waals surface area contributed by atoms with Gasteiger partial charge in [-0.2, -0.15) is 18.3 Å². The number of carbonyl (C=O) groups is 1. The van der Waals surface area contributed by atoms with Gasteiger partial charge < -0.3 is 5.32 Å². The van der Waals surface area contributed by atoms with E-state index in [0.29, 0.717) is 22.7 Å². The fourth-order valence-electron chi connectivity index (χ4n) is 3.88. The number of hydrogen-bond donors (Lipinski definition) is 1. The first-order valence-corrected chi connectivity index (χ1v) is 10.2. The third-order valence-electron chi connectivity index (χ3n) is 5.92. The molecule has 2 aromatic heterocycles. The van der Waals surface area contributed by atoms with Crippen LogP contribution in [0.5, 0.6) is 0 Å². The Morgan fingerprint density at radius 3 is 2.53 bits per heavy atom. The number of amides is 1. The normalized spacial score (nSPS) is 18.9. The van der Waals surface area contributed by atoms with Crippen molar-refractivity contribution in [2.45, 2.75) is 45.3 Å². The summed E-state index contributed by atoms with van der Waals surface area (Å²) >= 11 is 0. The van der Waals surface area contributed by atoms with E-state index < -0.39 is 35.5 Å². The van der Waals surface area contributed by atoms with E-state index in [4.69, 9.17) is 0 Å². The average Bonchev–Trinajstić information content (AvgIpc) is 3.07. The maximum atomic E-state index is 13.7. The highest BCUT2D eigenvalue weighted by Gasteiger charge is 2.34. The Bertz CT molecular complexity index is 1150. The van der Waals surface area contributed by atoms with Crippen molar-refractivity contribution in [3.05, 3.63) is 53.5 Å². The number of halogens is 5. The van der Waals surface area contributed by atoms with E-state index in [9.17, 15) is 26.7 Å². The van der Waals surface area contributed by atoms with Crippen LogP contribution in [0.1, 0.15) is 60.9 Å². The summed E-state index contributed by atoms with van der Waals surface area (Å²) in [6.07, 6.45) is -3.99. The van der Waals surface area contributed by atoms with Crippen molar-refractivity contribution in [2.24, 2.45) is 11.8 Å². The number of pyridine rings is 1. The van der Waals surface area contributed by atoms with E-state index in [0.717, 1.165) is 31.0 Å². The SMILES string of the molecule is CC(C)C1CC(n2cc3cc(NC(=O)c4cccc(C(F)(F)F)n4)c(C(F)F)cc3n2)C1. The first-order chi connectivity index (χ1) is 15.0. The fraction of sp³-hybridized carbons (Fsp3) is 0.409. The highest BCUT2D eigenvalue weighted by Crippen LogP contribution is 2.42. The van der Waals surface area contributed by atoms with Gasteiger partial charge in [0, 0.05) is 17.1 Å². The second kappa shape index (κ2) is 8.14. The van der Waals surface area contributed by atoms with Crippen LogP contribution in [0.3, 0.4) is 0 Å². The van der Waals surface area contributed by atoms with Gasteiger partial charge in [0.15, 0.2) is 0 Å². The zero-order valence-corrected chi connectivity index (χ0v) is 17.3. The fourth-order valence-corrected chi connectivity index (χ4v) is 3.88. The molecule has 0 bridgehead atoms. The van der Waals surface area contributed by atoms with Gasteiger partial charge >= 0.3 is 6.18 Å². The average molecular weight is 452 g/mol. The van der Waals surface area contributed by atoms with E-state index in [-0.39, 0.29) is 11.7 Å². The van der Waals surface area contributed by atoms with Gasteiger partial charge in [0.1, 0.15) is 11.4 Å². The summed E-state index contributed by atoms with van der Waals surface area (Å²) in [4.78, 5) is 15.8. The Balaban J connectivity index is 1.62. The van der Waals surface area contributed by atoms with Crippen LogP contribution < -0.4 is 5.32 Å². The molecule has 0 radical (unpaired) electrons. The molecule has 1 aliphatic rings. The van der Waals surface area contributed by atoms with Crippen molar-refractivity contribution in [3.8, 4) is 0 Å². The van der Waals surface area contributed by atoms with Gasteiger partial charge in [-0.15, -0.1) is 0 Å². The van der Waals surface area contributed by atoms with Crippen LogP contribution in [0.15, 0.2) is 36.5 Å². The Hall–Kier alpha value is -3.04. The van der Waals surface area contributed by atoms with Crippen LogP contribution in [0.2, 0.25) is 0 Å². The molecule has 1 aliphatic carbocycles. The highest BCUT2D eigenvalue weighted by atomic mass is 19.4. The van der Waals surface area contributed by atoms with Gasteiger partial charge in [-0.3, -0.25) is 9.48 Å². The molecule has 32 heavy (non-hydrogen) atoms. The predicted molar refractivity (Wildman–Crippen MR) is 108 cm³/mol. The molecule has 1 aromatic carbocycles. The molecule has 170 valence electrons. The third-order valence-corrected chi connectivity index (χ3v) is 5.92. The largest absolute Gasteiger partial charge is 0.433 e. The summed E-state index contributed by atoms with van der Waals surface area (Å²) in [7, 11) is 0. The minimum absolute atomic E-state index is 0.190. The van der Waals surface area contributed by atoms with Gasteiger partial charge in [0.25, 0.3) is 12.3 Å². The number of hydrogen-bond acceptors (Lipinski definition) is 3. The van der Waals surface area contributed by atoms with Gasteiger partial charge in [0.2, 0.25) is 0 Å². The summed E-state index contributed by atoms with van der Waals surface area (Å²) < 4.78 is 67.7. The quantitative estimate of drug-likeness (QED) is 0.466. The van der Waals surface area contributed by atoms with Crippen LogP contribution >= 0.6 is 0 Å². The number of alkyl halides is 5. The molecular formula is C22H21F5N4O. The molecule has 3 aromatic rings. The maximum Gasteiger partial charge on any atom is 0.433 e. The van der Waals surface area contributed by atoms with Crippen molar-refractivity contribution in [1.29, 1.82) is 0 Å². The number of fused-ring (bicyclic) bond motifs is 1. The van der Waals surface area contributed by atoms with E-state index in [2.05, 4.69) is 29.2 Å². The molecule has 4 rings (SSSR count). The second-order valence-electron chi connectivity index (χ2n) is 8.40. The zero-order chi connectivity index (χ0) is 23.2. The molecular weight excluding hydrogens is 431 g/mol. The minimum atomic E-state index is -4.73. The Labute approximate surface area is 180 Å². The van der Waals surface area contributed by atoms with Crippen LogP contribution in [-0.2, 0) is 6.18 Å². The van der Waals surface area contributed by atoms with E-state index in [1.165, 1.54) is 12.1 Å². The van der Waals surface area contributed by atoms with Crippen molar-refractivity contribution >= 4 is 22.5 Å². The van der Waals surface area contributed by atoms with Crippen molar-refractivity contribution < 1.29 is 26.7 Å². The van der Waals surface area contributed by atoms with Crippen LogP contribution in [-0.4, -0.2) is 20.7 Å². The number of aromatic nitrogens is 3. The molecule has 0 aliphatic heterocycles. The summed E-state index contributed by atoms with van der Waals surface area (Å²) in [6.45, 7) is 4.31. The van der Waals surface area contributed by atoms with Crippen LogP contribution in [0, 0.1) is 11.8 Å². The molecule has 0 saturated heterocycles. The first kappa shape index (κ1) is 22.2. The zero-order valence-electron chi connectivity index (χ0n) is 17.3. The number of carbonyl (C=O) groups excluding carboxylic acids is 1. The smallest absolute Gasteiger partial charge is 0.320 e. The van der Waals surface area contributed by atoms with Crippen LogP contribution in [0.25, 0.3) is 10.9 Å². The molecule has 1 fully saturated rings. The third kappa shape index (κ3) is 4.31. The predicted octanol–water partition coefficient (Wildman–Crippen LogP) is 6.25. The molecule has 1 N–H and O–H groups in total. The van der Waals surface area contributed by atoms with Gasteiger partial charge in [-0.25, -0.2) is 13.8 Å². The van der Waals surface area contributed by atoms with Crippen molar-refractivity contribution in [1.82, 2.24) is 14.8 Å². The van der Waals surface area contributed by atoms with E-state index in [1.54, 1.807) is 10.9 Å². The molecule has 2 heterocycles. The topological polar surface area (TPSA) is 59.8 Å². The summed E-state index contributed by atoms with van der Waals surface area (Å²) in [5.74, 6) is 0.148. The lowest BCUT2D eigenvalue weighted by Gasteiger charge is -2.38. The Morgan fingerprint density at radius 1 is 1.19 bits per heavy atom. The maximum absolute atomic E-state index is 13.7. The van der Waals surface area contributed by atoms with Crippen molar-refractivity contribution in [2.75, 3.05) is 5.32 Å². The standard InChI is InChI=1S/C22H21F5N4O/c1-11(2)12-6-14(7-12)31-10-13-8-18(15(20(23)24)9-17(13)30-31)29-21(32)16-4-3-5-19(28-16)22(25,26)27/h3-5,8-12,14,20H,6-7H2,1-2H3,(H,29,32). The van der Waals surface area contributed by atoms with Crippen molar-refractivity contribution in [3.63, 3.8) is 0 Å². The lowest BCUT2D eigenvalue weighted by molar-refractivity contribution is -0.141. The molecule has 0 atom stereocenters. The number of nitrogens with zero attached hydrogens (tertiary/aromatic N) is 3. The Morgan fingerprint density at radius 2 is 1.91 bits per heavy atom. The van der Waals surface area contributed by atoms with E-state index >= 15 is 0 Å². The molecule has 0 spiro atoms. The molecule has 1 saturated carbocycles. The molecule has 0 unspecified atom stereocenters. The highest BCUT2D eigenvalue weighted by molar-refractivity contribution is 6.04. The van der Waals surface area contributed by atoms with Gasteiger partial charge in [-0.05, 0) is 48.9 Å². The Kier molecular flexibility index (Phi) is 5.64. The minimum Gasteiger partial charge on any atom is -0.320 e. The van der Waals surface area contributed by atoms with Crippen LogP contribution in [0.4, 0.5) is 27.6 Å². The number of anilines is 1. The lowest BCUT2D eigenvalue weighted by atomic mass is 9.74. The number of rotatable bonds is 5. The molecule has 5 nitrogen and oxygen atoms in total. The van der Waals surface area contributed by atoms with Gasteiger partial charge in [0.05, 0.1) is 17.2 Å². The summed E-state index contributed by atoms with van der Waals surface area (Å²) in [6, 6.07) is 5.61.